The average Bonchev–Trinajstić information content (AvgIpc) is 2.78. The molecule has 0 spiro atoms. The minimum Gasteiger partial charge on any atom is -0.464 e. The molecule has 1 heterocycles. The van der Waals surface area contributed by atoms with Crippen LogP contribution in [-0.4, -0.2) is 26.5 Å². The number of ether oxygens (including phenoxy) is 1. The number of aromatic nitrogens is 1. The molecule has 0 amide bonds. The summed E-state index contributed by atoms with van der Waals surface area (Å²) in [5, 5.41) is 0. The van der Waals surface area contributed by atoms with Crippen LogP contribution < -0.4 is 4.72 Å². The quantitative estimate of drug-likeness (QED) is 0.846. The molecule has 2 N–H and O–H groups in total. The zero-order chi connectivity index (χ0) is 15.6. The summed E-state index contributed by atoms with van der Waals surface area (Å²) >= 11 is 0. The van der Waals surface area contributed by atoms with Crippen molar-refractivity contribution in [1.82, 2.24) is 4.98 Å². The Morgan fingerprint density at radius 1 is 1.33 bits per heavy atom. The van der Waals surface area contributed by atoms with Crippen LogP contribution in [0.25, 0.3) is 0 Å². The van der Waals surface area contributed by atoms with E-state index < -0.39 is 26.7 Å². The molecule has 112 valence electrons. The van der Waals surface area contributed by atoms with Gasteiger partial charge in [-0.15, -0.1) is 0 Å². The fourth-order valence-corrected chi connectivity index (χ4v) is 2.94. The first-order valence-electron chi connectivity index (χ1n) is 5.90. The Kier molecular flexibility index (Phi) is 3.99. The van der Waals surface area contributed by atoms with E-state index >= 15 is 0 Å². The zero-order valence-electron chi connectivity index (χ0n) is 11.3. The first-order valence-corrected chi connectivity index (χ1v) is 7.38. The number of aromatic amines is 1. The van der Waals surface area contributed by atoms with Gasteiger partial charge in [0, 0.05) is 5.69 Å². The summed E-state index contributed by atoms with van der Waals surface area (Å²) in [6, 6.07) is 6.38. The van der Waals surface area contributed by atoms with Crippen LogP contribution in [-0.2, 0) is 14.8 Å². The van der Waals surface area contributed by atoms with Gasteiger partial charge in [0.2, 0.25) is 0 Å². The van der Waals surface area contributed by atoms with Gasteiger partial charge in [-0.3, -0.25) is 4.72 Å². The van der Waals surface area contributed by atoms with Gasteiger partial charge in [-0.2, -0.15) is 0 Å². The predicted octanol–water partition coefficient (Wildman–Crippen LogP) is 2.05. The highest BCUT2D eigenvalue weighted by molar-refractivity contribution is 7.92. The smallest absolute Gasteiger partial charge is 0.356 e. The Labute approximate surface area is 121 Å². The largest absolute Gasteiger partial charge is 0.464 e. The van der Waals surface area contributed by atoms with E-state index in [0.29, 0.717) is 5.69 Å². The average molecular weight is 312 g/mol. The molecule has 2 aromatic rings. The predicted molar refractivity (Wildman–Crippen MR) is 74.1 cm³/mol. The van der Waals surface area contributed by atoms with Crippen molar-refractivity contribution in [2.75, 3.05) is 11.8 Å². The molecular formula is C13H13FN2O4S. The summed E-state index contributed by atoms with van der Waals surface area (Å²) in [4.78, 5) is 13.8. The van der Waals surface area contributed by atoms with Gasteiger partial charge in [-0.25, -0.2) is 17.6 Å². The van der Waals surface area contributed by atoms with Crippen molar-refractivity contribution in [1.29, 1.82) is 0 Å². The van der Waals surface area contributed by atoms with Crippen molar-refractivity contribution in [3.63, 3.8) is 0 Å². The summed E-state index contributed by atoms with van der Waals surface area (Å²) < 4.78 is 44.7. The topological polar surface area (TPSA) is 88.3 Å². The second-order valence-electron chi connectivity index (χ2n) is 4.27. The van der Waals surface area contributed by atoms with Crippen LogP contribution in [0.5, 0.6) is 0 Å². The fourth-order valence-electron chi connectivity index (χ4n) is 1.80. The minimum absolute atomic E-state index is 0.00241. The third kappa shape index (κ3) is 3.05. The fraction of sp³-hybridized carbons (Fsp3) is 0.154. The number of esters is 1. The second kappa shape index (κ2) is 5.57. The normalized spacial score (nSPS) is 11.2. The summed E-state index contributed by atoms with van der Waals surface area (Å²) in [7, 11) is -2.97. The van der Waals surface area contributed by atoms with E-state index in [2.05, 4.69) is 14.4 Å². The Morgan fingerprint density at radius 3 is 2.62 bits per heavy atom. The molecule has 0 aliphatic rings. The van der Waals surface area contributed by atoms with Gasteiger partial charge in [0.1, 0.15) is 16.4 Å². The van der Waals surface area contributed by atoms with Crippen molar-refractivity contribution in [3.05, 3.63) is 47.5 Å². The number of H-pyrrole nitrogens is 1. The lowest BCUT2D eigenvalue weighted by Crippen LogP contribution is -2.16. The van der Waals surface area contributed by atoms with Crippen LogP contribution in [0.15, 0.2) is 35.2 Å². The van der Waals surface area contributed by atoms with Crippen molar-refractivity contribution in [2.45, 2.75) is 11.8 Å². The minimum atomic E-state index is -4.15. The number of sulfonamides is 1. The Bertz CT molecular complexity index is 783. The van der Waals surface area contributed by atoms with Gasteiger partial charge >= 0.3 is 5.97 Å². The van der Waals surface area contributed by atoms with E-state index in [9.17, 15) is 17.6 Å². The molecule has 0 atom stereocenters. The van der Waals surface area contributed by atoms with E-state index in [1.807, 2.05) is 0 Å². The lowest BCUT2D eigenvalue weighted by molar-refractivity contribution is 0.0596. The number of methoxy groups -OCH3 is 1. The van der Waals surface area contributed by atoms with E-state index in [0.717, 1.165) is 12.1 Å². The number of nitrogens with one attached hydrogen (secondary N) is 2. The number of benzene rings is 1. The molecule has 0 aliphatic carbocycles. The number of carbonyl (C=O) groups is 1. The molecule has 1 aromatic heterocycles. The van der Waals surface area contributed by atoms with E-state index in [1.54, 1.807) is 6.92 Å². The van der Waals surface area contributed by atoms with Gasteiger partial charge in [0.05, 0.1) is 12.8 Å². The van der Waals surface area contributed by atoms with Crippen molar-refractivity contribution < 1.29 is 22.3 Å². The lowest BCUT2D eigenvalue weighted by Gasteiger charge is -2.08. The number of aryl methyl sites for hydroxylation is 1. The molecule has 0 bridgehead atoms. The van der Waals surface area contributed by atoms with Crippen LogP contribution in [0.3, 0.4) is 0 Å². The highest BCUT2D eigenvalue weighted by Crippen LogP contribution is 2.23. The third-order valence-corrected chi connectivity index (χ3v) is 4.11. The first kappa shape index (κ1) is 15.0. The SMILES string of the molecule is COC(=O)c1[nH]c(C)cc1NS(=O)(=O)c1ccccc1F. The van der Waals surface area contributed by atoms with Crippen molar-refractivity contribution in [2.24, 2.45) is 0 Å². The van der Waals surface area contributed by atoms with Gasteiger partial charge < -0.3 is 9.72 Å². The standard InChI is InChI=1S/C13H13FN2O4S/c1-8-7-10(12(15-8)13(17)20-2)16-21(18,19)11-6-4-3-5-9(11)14/h3-7,15-16H,1-2H3. The number of anilines is 1. The molecule has 0 radical (unpaired) electrons. The third-order valence-electron chi connectivity index (χ3n) is 2.71. The summed E-state index contributed by atoms with van der Waals surface area (Å²) in [6.45, 7) is 1.65. The summed E-state index contributed by atoms with van der Waals surface area (Å²) in [6.07, 6.45) is 0. The first-order chi connectivity index (χ1) is 9.85. The summed E-state index contributed by atoms with van der Waals surface area (Å²) in [5.74, 6) is -1.61. The highest BCUT2D eigenvalue weighted by atomic mass is 32.2. The van der Waals surface area contributed by atoms with Crippen LogP contribution in [0.1, 0.15) is 16.2 Å². The molecule has 6 nitrogen and oxygen atoms in total. The van der Waals surface area contributed by atoms with Gasteiger partial charge in [0.15, 0.2) is 0 Å². The van der Waals surface area contributed by atoms with E-state index in [1.165, 1.54) is 25.3 Å². The monoisotopic (exact) mass is 312 g/mol. The maximum Gasteiger partial charge on any atom is 0.356 e. The molecule has 8 heteroatoms. The van der Waals surface area contributed by atoms with Crippen LogP contribution >= 0.6 is 0 Å². The molecule has 0 saturated carbocycles. The van der Waals surface area contributed by atoms with Gasteiger partial charge in [0.25, 0.3) is 10.0 Å². The number of rotatable bonds is 4. The maximum atomic E-state index is 13.6. The van der Waals surface area contributed by atoms with Gasteiger partial charge in [-0.1, -0.05) is 12.1 Å². The Balaban J connectivity index is 2.43. The molecule has 0 unspecified atom stereocenters. The second-order valence-corrected chi connectivity index (χ2v) is 5.92. The molecular weight excluding hydrogens is 299 g/mol. The lowest BCUT2D eigenvalue weighted by atomic mass is 10.3. The molecule has 0 aliphatic heterocycles. The van der Waals surface area contributed by atoms with Crippen molar-refractivity contribution in [3.8, 4) is 0 Å². The Hall–Kier alpha value is -2.35. The van der Waals surface area contributed by atoms with E-state index in [4.69, 9.17) is 0 Å². The molecule has 2 rings (SSSR count). The number of hydrogen-bond donors (Lipinski definition) is 2. The van der Waals surface area contributed by atoms with Gasteiger partial charge in [-0.05, 0) is 25.1 Å². The number of carbonyl (C=O) groups excluding carboxylic acids is 1. The highest BCUT2D eigenvalue weighted by Gasteiger charge is 2.23. The molecule has 21 heavy (non-hydrogen) atoms. The summed E-state index contributed by atoms with van der Waals surface area (Å²) in [5.41, 5.74) is 0.513. The van der Waals surface area contributed by atoms with E-state index in [-0.39, 0.29) is 11.4 Å². The zero-order valence-corrected chi connectivity index (χ0v) is 12.1. The van der Waals surface area contributed by atoms with Crippen LogP contribution in [0, 0.1) is 12.7 Å². The molecule has 0 saturated heterocycles. The number of halogens is 1. The van der Waals surface area contributed by atoms with Crippen molar-refractivity contribution >= 4 is 21.7 Å². The van der Waals surface area contributed by atoms with Crippen LogP contribution in [0.2, 0.25) is 0 Å². The molecule has 1 aromatic carbocycles. The number of hydrogen-bond acceptors (Lipinski definition) is 4. The maximum absolute atomic E-state index is 13.6. The Morgan fingerprint density at radius 2 is 2.00 bits per heavy atom. The van der Waals surface area contributed by atoms with Crippen LogP contribution in [0.4, 0.5) is 10.1 Å². The molecule has 0 fully saturated rings.